The van der Waals surface area contributed by atoms with Crippen LogP contribution >= 0.6 is 0 Å². The maximum Gasteiger partial charge on any atom is 0.169 e. The maximum absolute atomic E-state index is 5.78. The highest BCUT2D eigenvalue weighted by atomic mass is 16.5. The van der Waals surface area contributed by atoms with Crippen molar-refractivity contribution in [3.63, 3.8) is 0 Å². The lowest BCUT2D eigenvalue weighted by molar-refractivity contribution is 0.306. The fourth-order valence-corrected chi connectivity index (χ4v) is 1.92. The van der Waals surface area contributed by atoms with Crippen molar-refractivity contribution in [1.82, 2.24) is 0 Å². The number of hydrogen-bond donors (Lipinski definition) is 0. The van der Waals surface area contributed by atoms with Gasteiger partial charge in [0.2, 0.25) is 0 Å². The third-order valence-electron chi connectivity index (χ3n) is 3.03. The van der Waals surface area contributed by atoms with E-state index in [1.54, 1.807) is 0 Å². The van der Waals surface area contributed by atoms with Crippen LogP contribution in [0.3, 0.4) is 0 Å². The molecule has 0 spiro atoms. The predicted molar refractivity (Wildman–Crippen MR) is 79.1 cm³/mol. The second kappa shape index (κ2) is 5.77. The molecule has 2 rings (SSSR count). The molecule has 0 aliphatic carbocycles. The van der Waals surface area contributed by atoms with Gasteiger partial charge in [-0.2, -0.15) is 0 Å². The lowest BCUT2D eigenvalue weighted by atomic mass is 9.49. The Balaban J connectivity index is 1.98. The Morgan fingerprint density at radius 2 is 1.72 bits per heavy atom. The van der Waals surface area contributed by atoms with Crippen molar-refractivity contribution in [2.24, 2.45) is 0 Å². The minimum atomic E-state index is 0.566. The number of benzene rings is 2. The van der Waals surface area contributed by atoms with E-state index >= 15 is 0 Å². The summed E-state index contributed by atoms with van der Waals surface area (Å²) in [5.74, 6) is 0.931. The summed E-state index contributed by atoms with van der Waals surface area (Å²) in [7, 11) is 0. The van der Waals surface area contributed by atoms with Gasteiger partial charge in [0.25, 0.3) is 0 Å². The van der Waals surface area contributed by atoms with Gasteiger partial charge in [-0.15, -0.1) is 0 Å². The molecule has 2 heteroatoms. The molecule has 0 heterocycles. The molecule has 0 radical (unpaired) electrons. The van der Waals surface area contributed by atoms with Crippen molar-refractivity contribution in [3.8, 4) is 5.75 Å². The highest BCUT2D eigenvalue weighted by Crippen LogP contribution is 2.12. The minimum Gasteiger partial charge on any atom is -0.489 e. The summed E-state index contributed by atoms with van der Waals surface area (Å²) in [5.41, 5.74) is 3.83. The van der Waals surface area contributed by atoms with Crippen LogP contribution in [0.2, 0.25) is 13.6 Å². The van der Waals surface area contributed by atoms with Crippen LogP contribution in [0, 0.1) is 6.92 Å². The van der Waals surface area contributed by atoms with E-state index in [0.29, 0.717) is 13.3 Å². The van der Waals surface area contributed by atoms with Crippen LogP contribution in [-0.2, 0) is 6.61 Å². The van der Waals surface area contributed by atoms with Gasteiger partial charge < -0.3 is 4.74 Å². The molecule has 2 aromatic rings. The van der Waals surface area contributed by atoms with Crippen LogP contribution in [0.4, 0.5) is 0 Å². The van der Waals surface area contributed by atoms with Gasteiger partial charge >= 0.3 is 0 Å². The Kier molecular flexibility index (Phi) is 4.09. The normalized spacial score (nSPS) is 10.2. The molecule has 0 N–H and O–H groups in total. The first kappa shape index (κ1) is 12.8. The van der Waals surface area contributed by atoms with Crippen LogP contribution < -0.4 is 10.2 Å². The Morgan fingerprint density at radius 3 is 2.33 bits per heavy atom. The molecule has 18 heavy (non-hydrogen) atoms. The molecular formula is C16H19BO. The van der Waals surface area contributed by atoms with Gasteiger partial charge in [-0.05, 0) is 24.6 Å². The largest absolute Gasteiger partial charge is 0.489 e. The molecular weight excluding hydrogens is 219 g/mol. The van der Waals surface area contributed by atoms with Gasteiger partial charge in [-0.3, -0.25) is 0 Å². The van der Waals surface area contributed by atoms with Gasteiger partial charge in [0.05, 0.1) is 0 Å². The van der Waals surface area contributed by atoms with Crippen molar-refractivity contribution >= 4 is 12.2 Å². The molecule has 0 bridgehead atoms. The second-order valence-corrected chi connectivity index (χ2v) is 5.00. The van der Waals surface area contributed by atoms with Gasteiger partial charge in [-0.25, -0.2) is 0 Å². The predicted octanol–water partition coefficient (Wildman–Crippen LogP) is 3.54. The molecule has 0 aliphatic heterocycles. The fraction of sp³-hybridized carbons (Fsp3) is 0.250. The Labute approximate surface area is 110 Å². The molecule has 0 saturated heterocycles. The highest BCUT2D eigenvalue weighted by molar-refractivity contribution is 6.70. The van der Waals surface area contributed by atoms with Crippen LogP contribution in [0.25, 0.3) is 0 Å². The highest BCUT2D eigenvalue weighted by Gasteiger charge is 2.02. The zero-order chi connectivity index (χ0) is 13.0. The molecule has 2 aromatic carbocycles. The lowest BCUT2D eigenvalue weighted by Crippen LogP contribution is -2.21. The quantitative estimate of drug-likeness (QED) is 0.740. The van der Waals surface area contributed by atoms with E-state index in [0.717, 1.165) is 5.75 Å². The van der Waals surface area contributed by atoms with Crippen LogP contribution in [0.5, 0.6) is 5.75 Å². The third-order valence-corrected chi connectivity index (χ3v) is 3.03. The Bertz CT molecular complexity index is 503. The van der Waals surface area contributed by atoms with Crippen molar-refractivity contribution in [1.29, 1.82) is 0 Å². The summed E-state index contributed by atoms with van der Waals surface area (Å²) in [5, 5.41) is 0. The lowest BCUT2D eigenvalue weighted by Gasteiger charge is -2.08. The summed E-state index contributed by atoms with van der Waals surface area (Å²) in [4.78, 5) is 0. The van der Waals surface area contributed by atoms with Crippen molar-refractivity contribution in [2.75, 3.05) is 0 Å². The molecule has 0 aliphatic rings. The fourth-order valence-electron chi connectivity index (χ4n) is 1.92. The molecule has 0 aromatic heterocycles. The molecule has 0 amide bonds. The standard InChI is InChI=1S/C16H19BO/c1-13-5-4-6-14(11-13)12-18-16-9-7-15(8-10-16)17(2)3/h4-11H,12H2,1-3H3. The summed E-state index contributed by atoms with van der Waals surface area (Å²) in [6, 6.07) is 16.8. The SMILES string of the molecule is CB(C)c1ccc(OCc2cccc(C)c2)cc1. The third kappa shape index (κ3) is 3.40. The van der Waals surface area contributed by atoms with E-state index in [1.165, 1.54) is 16.6 Å². The number of ether oxygens (including phenoxy) is 1. The minimum absolute atomic E-state index is 0.566. The number of hydrogen-bond acceptors (Lipinski definition) is 1. The average Bonchev–Trinajstić information content (AvgIpc) is 2.37. The molecule has 0 unspecified atom stereocenters. The van der Waals surface area contributed by atoms with Gasteiger partial charge in [0.15, 0.2) is 6.71 Å². The molecule has 0 fully saturated rings. The van der Waals surface area contributed by atoms with Gasteiger partial charge in [0.1, 0.15) is 12.4 Å². The van der Waals surface area contributed by atoms with E-state index in [-0.39, 0.29) is 0 Å². The van der Waals surface area contributed by atoms with Crippen LogP contribution in [0.15, 0.2) is 48.5 Å². The van der Waals surface area contributed by atoms with E-state index in [4.69, 9.17) is 4.74 Å². The first-order chi connectivity index (χ1) is 8.65. The zero-order valence-electron chi connectivity index (χ0n) is 11.3. The summed E-state index contributed by atoms with van der Waals surface area (Å²) >= 11 is 0. The Hall–Kier alpha value is -1.70. The average molecular weight is 238 g/mol. The number of rotatable bonds is 4. The van der Waals surface area contributed by atoms with E-state index in [1.807, 2.05) is 12.1 Å². The first-order valence-electron chi connectivity index (χ1n) is 6.43. The smallest absolute Gasteiger partial charge is 0.169 e. The molecule has 92 valence electrons. The van der Waals surface area contributed by atoms with E-state index < -0.39 is 0 Å². The zero-order valence-corrected chi connectivity index (χ0v) is 11.3. The topological polar surface area (TPSA) is 9.23 Å². The first-order valence-corrected chi connectivity index (χ1v) is 6.43. The molecule has 0 saturated carbocycles. The Morgan fingerprint density at radius 1 is 1.00 bits per heavy atom. The van der Waals surface area contributed by atoms with Crippen molar-refractivity contribution in [3.05, 3.63) is 59.7 Å². The maximum atomic E-state index is 5.78. The monoisotopic (exact) mass is 238 g/mol. The molecule has 1 nitrogen and oxygen atoms in total. The molecule has 0 atom stereocenters. The number of aryl methyl sites for hydroxylation is 1. The van der Waals surface area contributed by atoms with Crippen LogP contribution in [-0.4, -0.2) is 6.71 Å². The van der Waals surface area contributed by atoms with Crippen molar-refractivity contribution in [2.45, 2.75) is 27.2 Å². The second-order valence-electron chi connectivity index (χ2n) is 5.00. The van der Waals surface area contributed by atoms with Gasteiger partial charge in [-0.1, -0.05) is 61.1 Å². The van der Waals surface area contributed by atoms with E-state index in [2.05, 4.69) is 57.0 Å². The summed E-state index contributed by atoms with van der Waals surface area (Å²) in [6.07, 6.45) is 0. The van der Waals surface area contributed by atoms with Crippen LogP contribution in [0.1, 0.15) is 11.1 Å². The van der Waals surface area contributed by atoms with E-state index in [9.17, 15) is 0 Å². The van der Waals surface area contributed by atoms with Gasteiger partial charge in [0, 0.05) is 0 Å². The summed E-state index contributed by atoms with van der Waals surface area (Å²) in [6.45, 7) is 7.69. The summed E-state index contributed by atoms with van der Waals surface area (Å²) < 4.78 is 5.78. The van der Waals surface area contributed by atoms with Crippen molar-refractivity contribution < 1.29 is 4.74 Å².